The van der Waals surface area contributed by atoms with Gasteiger partial charge in [0.2, 0.25) is 0 Å². The molecule has 0 atom stereocenters. The van der Waals surface area contributed by atoms with Crippen molar-refractivity contribution >= 4 is 6.09 Å². The zero-order valence-corrected chi connectivity index (χ0v) is 7.68. The summed E-state index contributed by atoms with van der Waals surface area (Å²) in [5.74, 6) is 0. The van der Waals surface area contributed by atoms with Gasteiger partial charge in [0.25, 0.3) is 0 Å². The maximum Gasteiger partial charge on any atom is 0.429 e. The van der Waals surface area contributed by atoms with Gasteiger partial charge in [-0.2, -0.15) is 0 Å². The van der Waals surface area contributed by atoms with E-state index < -0.39 is 6.09 Å². The Morgan fingerprint density at radius 1 is 1.55 bits per heavy atom. The van der Waals surface area contributed by atoms with E-state index in [1.807, 2.05) is 13.8 Å². The molecule has 3 heteroatoms. The van der Waals surface area contributed by atoms with Crippen molar-refractivity contribution in [1.29, 1.82) is 0 Å². The molecule has 0 aromatic carbocycles. The maximum absolute atomic E-state index is 10.7. The second-order valence-corrected chi connectivity index (χ2v) is 3.10. The molecule has 0 fully saturated rings. The van der Waals surface area contributed by atoms with E-state index in [2.05, 4.69) is 12.2 Å². The molecule has 0 bridgehead atoms. The fourth-order valence-electron chi connectivity index (χ4n) is 0.935. The quantitative estimate of drug-likeness (QED) is 0.629. The molecule has 0 aromatic heterocycles. The van der Waals surface area contributed by atoms with E-state index in [1.165, 1.54) is 7.05 Å². The van der Waals surface area contributed by atoms with Crippen LogP contribution >= 0.6 is 0 Å². The van der Waals surface area contributed by atoms with E-state index in [9.17, 15) is 4.79 Å². The lowest BCUT2D eigenvalue weighted by Crippen LogP contribution is -2.30. The van der Waals surface area contributed by atoms with Gasteiger partial charge < -0.3 is 4.74 Å². The number of ether oxygens (including phenoxy) is 1. The summed E-state index contributed by atoms with van der Waals surface area (Å²) in [4.78, 5) is 10.7. The molecule has 0 aliphatic heterocycles. The predicted molar refractivity (Wildman–Crippen MR) is 43.5 cm³/mol. The Morgan fingerprint density at radius 3 is 2.45 bits per heavy atom. The molecule has 0 aromatic rings. The van der Waals surface area contributed by atoms with Crippen molar-refractivity contribution in [2.24, 2.45) is 0 Å². The number of carbonyl (C=O) groups is 1. The predicted octanol–water partition coefficient (Wildman–Crippen LogP) is 1.94. The van der Waals surface area contributed by atoms with Crippen LogP contribution in [0.1, 0.15) is 33.6 Å². The number of hydrogen-bond donors (Lipinski definition) is 0. The summed E-state index contributed by atoms with van der Waals surface area (Å²) >= 11 is 0. The molecule has 0 unspecified atom stereocenters. The molecular formula is C8H16NO2. The van der Waals surface area contributed by atoms with Crippen LogP contribution in [0, 0.1) is 0 Å². The van der Waals surface area contributed by atoms with E-state index in [0.29, 0.717) is 0 Å². The van der Waals surface area contributed by atoms with Crippen LogP contribution in [0.2, 0.25) is 0 Å². The van der Waals surface area contributed by atoms with E-state index >= 15 is 0 Å². The summed E-state index contributed by atoms with van der Waals surface area (Å²) < 4.78 is 5.02. The Balaban J connectivity index is 3.80. The van der Waals surface area contributed by atoms with Gasteiger partial charge in [0.15, 0.2) is 0 Å². The zero-order chi connectivity index (χ0) is 8.91. The minimum Gasteiger partial charge on any atom is -0.442 e. The highest BCUT2D eigenvalue weighted by Gasteiger charge is 2.21. The normalized spacial score (nSPS) is 10.9. The fraction of sp³-hybridized carbons (Fsp3) is 0.875. The molecule has 1 amide bonds. The van der Waals surface area contributed by atoms with Crippen molar-refractivity contribution in [3.63, 3.8) is 0 Å². The first-order chi connectivity index (χ1) is 5.02. The van der Waals surface area contributed by atoms with Gasteiger partial charge >= 0.3 is 6.09 Å². The van der Waals surface area contributed by atoms with Crippen LogP contribution in [0.3, 0.4) is 0 Å². The van der Waals surface area contributed by atoms with Gasteiger partial charge in [-0.25, -0.2) is 10.1 Å². The van der Waals surface area contributed by atoms with Gasteiger partial charge in [-0.15, -0.1) is 0 Å². The number of rotatable bonds is 3. The monoisotopic (exact) mass is 158 g/mol. The Hall–Kier alpha value is -0.730. The number of carbonyl (C=O) groups excluding carboxylic acids is 1. The Bertz CT molecular complexity index is 132. The van der Waals surface area contributed by atoms with Crippen LogP contribution in [-0.4, -0.2) is 18.7 Å². The van der Waals surface area contributed by atoms with Crippen molar-refractivity contribution < 1.29 is 9.53 Å². The second-order valence-electron chi connectivity index (χ2n) is 3.10. The van der Waals surface area contributed by atoms with Crippen molar-refractivity contribution in [2.75, 3.05) is 7.05 Å². The number of amides is 1. The Labute approximate surface area is 68.1 Å². The summed E-state index contributed by atoms with van der Waals surface area (Å²) in [6, 6.07) is 0. The third-order valence-electron chi connectivity index (χ3n) is 1.40. The minimum absolute atomic E-state index is 0.370. The summed E-state index contributed by atoms with van der Waals surface area (Å²) in [5.41, 5.74) is -0.370. The molecule has 11 heavy (non-hydrogen) atoms. The van der Waals surface area contributed by atoms with Gasteiger partial charge in [0.1, 0.15) is 5.60 Å². The first-order valence-electron chi connectivity index (χ1n) is 3.84. The number of nitrogens with zero attached hydrogens (tertiary/aromatic N) is 1. The van der Waals surface area contributed by atoms with Crippen LogP contribution in [0.4, 0.5) is 4.79 Å². The molecule has 0 saturated carbocycles. The molecule has 0 rings (SSSR count). The van der Waals surface area contributed by atoms with Crippen molar-refractivity contribution in [1.82, 2.24) is 5.32 Å². The lowest BCUT2D eigenvalue weighted by atomic mass is 10.0. The molecule has 0 aliphatic rings. The zero-order valence-electron chi connectivity index (χ0n) is 7.68. The van der Waals surface area contributed by atoms with Crippen molar-refractivity contribution in [2.45, 2.75) is 39.2 Å². The summed E-state index contributed by atoms with van der Waals surface area (Å²) in [7, 11) is 1.43. The van der Waals surface area contributed by atoms with E-state index in [1.54, 1.807) is 0 Å². The van der Waals surface area contributed by atoms with Crippen LogP contribution in [0.15, 0.2) is 0 Å². The molecule has 0 spiro atoms. The molecule has 0 saturated heterocycles. The number of hydrogen-bond acceptors (Lipinski definition) is 2. The average molecular weight is 158 g/mol. The van der Waals surface area contributed by atoms with Crippen LogP contribution < -0.4 is 5.32 Å². The van der Waals surface area contributed by atoms with Crippen LogP contribution in [0.25, 0.3) is 0 Å². The smallest absolute Gasteiger partial charge is 0.429 e. The highest BCUT2D eigenvalue weighted by atomic mass is 16.6. The fourth-order valence-corrected chi connectivity index (χ4v) is 0.935. The minimum atomic E-state index is -0.483. The van der Waals surface area contributed by atoms with E-state index in [0.717, 1.165) is 12.8 Å². The van der Waals surface area contributed by atoms with Crippen LogP contribution in [-0.2, 0) is 4.74 Å². The topological polar surface area (TPSA) is 40.4 Å². The Kier molecular flexibility index (Phi) is 3.93. The first-order valence-corrected chi connectivity index (χ1v) is 3.84. The standard InChI is InChI=1S/C8H16NO2/c1-5-6-8(2,3)11-7(10)9-4/h5-6H2,1-4H3. The van der Waals surface area contributed by atoms with E-state index in [4.69, 9.17) is 4.74 Å². The SMILES string of the molecule is CCCC(C)(C)OC(=O)[N]C. The Morgan fingerprint density at radius 2 is 2.09 bits per heavy atom. The maximum atomic E-state index is 10.7. The van der Waals surface area contributed by atoms with Crippen molar-refractivity contribution in [3.8, 4) is 0 Å². The lowest BCUT2D eigenvalue weighted by molar-refractivity contribution is 0.0330. The molecule has 1 radical (unpaired) electrons. The van der Waals surface area contributed by atoms with Gasteiger partial charge in [-0.05, 0) is 20.3 Å². The first kappa shape index (κ1) is 10.3. The van der Waals surface area contributed by atoms with Crippen molar-refractivity contribution in [3.05, 3.63) is 0 Å². The van der Waals surface area contributed by atoms with Gasteiger partial charge in [0, 0.05) is 7.05 Å². The molecular weight excluding hydrogens is 142 g/mol. The largest absolute Gasteiger partial charge is 0.442 e. The summed E-state index contributed by atoms with van der Waals surface area (Å²) in [5, 5.41) is 3.39. The molecule has 0 heterocycles. The summed E-state index contributed by atoms with van der Waals surface area (Å²) in [6.45, 7) is 5.83. The third kappa shape index (κ3) is 4.65. The second kappa shape index (κ2) is 4.21. The summed E-state index contributed by atoms with van der Waals surface area (Å²) in [6.07, 6.45) is 1.39. The van der Waals surface area contributed by atoms with Crippen LogP contribution in [0.5, 0.6) is 0 Å². The highest BCUT2D eigenvalue weighted by molar-refractivity contribution is 5.66. The molecule has 3 nitrogen and oxygen atoms in total. The third-order valence-corrected chi connectivity index (χ3v) is 1.40. The average Bonchev–Trinajstić information content (AvgIpc) is 1.86. The van der Waals surface area contributed by atoms with Gasteiger partial charge in [-0.1, -0.05) is 13.3 Å². The van der Waals surface area contributed by atoms with E-state index in [-0.39, 0.29) is 5.60 Å². The lowest BCUT2D eigenvalue weighted by Gasteiger charge is -2.23. The van der Waals surface area contributed by atoms with Gasteiger partial charge in [0.05, 0.1) is 0 Å². The highest BCUT2D eigenvalue weighted by Crippen LogP contribution is 2.16. The van der Waals surface area contributed by atoms with Gasteiger partial charge in [-0.3, -0.25) is 0 Å². The molecule has 0 N–H and O–H groups in total. The molecule has 65 valence electrons. The molecule has 0 aliphatic carbocycles.